The highest BCUT2D eigenvalue weighted by Crippen LogP contribution is 2.33. The van der Waals surface area contributed by atoms with E-state index in [1.54, 1.807) is 19.1 Å². The van der Waals surface area contributed by atoms with Gasteiger partial charge in [0.25, 0.3) is 0 Å². The molecule has 0 aliphatic carbocycles. The Bertz CT molecular complexity index is 1030. The van der Waals surface area contributed by atoms with Crippen LogP contribution in [0.3, 0.4) is 0 Å². The molecule has 0 saturated carbocycles. The van der Waals surface area contributed by atoms with Crippen LogP contribution in [0.25, 0.3) is 10.9 Å². The molecule has 3 rings (SSSR count). The molecule has 27 heavy (non-hydrogen) atoms. The zero-order valence-electron chi connectivity index (χ0n) is 14.2. The lowest BCUT2D eigenvalue weighted by atomic mass is 9.98. The number of ether oxygens (including phenoxy) is 2. The first-order chi connectivity index (χ1) is 12.7. The van der Waals surface area contributed by atoms with Crippen molar-refractivity contribution in [3.8, 4) is 17.2 Å². The number of aryl methyl sites for hydroxylation is 1. The van der Waals surface area contributed by atoms with Crippen molar-refractivity contribution in [3.05, 3.63) is 53.2 Å². The average molecular weight is 490 g/mol. The number of nitrogens with one attached hydrogen (secondary N) is 1. The molecule has 0 radical (unpaired) electrons. The third-order valence-electron chi connectivity index (χ3n) is 3.97. The third-order valence-corrected chi connectivity index (χ3v) is 4.45. The quantitative estimate of drug-likeness (QED) is 0.387. The van der Waals surface area contributed by atoms with Gasteiger partial charge < -0.3 is 19.6 Å². The minimum absolute atomic E-state index is 0.0180. The molecule has 0 amide bonds. The van der Waals surface area contributed by atoms with Gasteiger partial charge in [0.05, 0.1) is 35.7 Å². The van der Waals surface area contributed by atoms with E-state index in [0.29, 0.717) is 39.2 Å². The zero-order chi connectivity index (χ0) is 19.8. The van der Waals surface area contributed by atoms with Crippen LogP contribution in [-0.2, 0) is 0 Å². The van der Waals surface area contributed by atoms with Crippen LogP contribution in [0.2, 0.25) is 0 Å². The SMILES string of the molecule is COc1ccc(/C(=N/I)c2c(C)[nH]c3cc(OC(F)(F)F)ccc23)c(O)c1. The lowest BCUT2D eigenvalue weighted by Gasteiger charge is -2.10. The molecule has 0 bridgehead atoms. The van der Waals surface area contributed by atoms with E-state index in [-0.39, 0.29) is 11.5 Å². The molecule has 0 aliphatic heterocycles. The van der Waals surface area contributed by atoms with E-state index in [1.807, 2.05) is 22.9 Å². The van der Waals surface area contributed by atoms with E-state index in [0.717, 1.165) is 0 Å². The highest BCUT2D eigenvalue weighted by Gasteiger charge is 2.31. The lowest BCUT2D eigenvalue weighted by Crippen LogP contribution is -2.16. The molecule has 1 aromatic heterocycles. The molecule has 0 atom stereocenters. The molecule has 0 saturated heterocycles. The number of aromatic nitrogens is 1. The van der Waals surface area contributed by atoms with Crippen molar-refractivity contribution >= 4 is 39.5 Å². The normalized spacial score (nSPS) is 12.4. The Morgan fingerprint density at radius 1 is 1.15 bits per heavy atom. The van der Waals surface area contributed by atoms with Gasteiger partial charge in [-0.15, -0.1) is 13.2 Å². The number of halogens is 4. The minimum atomic E-state index is -4.76. The maximum Gasteiger partial charge on any atom is 0.573 e. The fourth-order valence-electron chi connectivity index (χ4n) is 2.87. The van der Waals surface area contributed by atoms with Gasteiger partial charge in [-0.2, -0.15) is 0 Å². The molecule has 2 N–H and O–H groups in total. The molecule has 3 aromatic rings. The Labute approximate surface area is 166 Å². The molecule has 9 heteroatoms. The van der Waals surface area contributed by atoms with Gasteiger partial charge in [0.1, 0.15) is 17.2 Å². The summed E-state index contributed by atoms with van der Waals surface area (Å²) in [5.74, 6) is 0.159. The highest BCUT2D eigenvalue weighted by molar-refractivity contribution is 14.1. The molecule has 1 heterocycles. The van der Waals surface area contributed by atoms with E-state index < -0.39 is 6.36 Å². The van der Waals surface area contributed by atoms with Crippen molar-refractivity contribution in [3.63, 3.8) is 0 Å². The number of hydrogen-bond donors (Lipinski definition) is 2. The molecule has 5 nitrogen and oxygen atoms in total. The Kier molecular flexibility index (Phi) is 5.22. The van der Waals surface area contributed by atoms with Gasteiger partial charge in [-0.25, -0.2) is 3.21 Å². The molecule has 0 unspecified atom stereocenters. The molecule has 142 valence electrons. The number of nitrogens with zero attached hydrogens (tertiary/aromatic N) is 1. The van der Waals surface area contributed by atoms with Crippen LogP contribution >= 0.6 is 22.9 Å². The summed E-state index contributed by atoms with van der Waals surface area (Å²) >= 11 is 1.82. The topological polar surface area (TPSA) is 66.8 Å². The first-order valence-corrected chi connectivity index (χ1v) is 8.64. The summed E-state index contributed by atoms with van der Waals surface area (Å²) in [7, 11) is 1.49. The third kappa shape index (κ3) is 3.97. The second-order valence-electron chi connectivity index (χ2n) is 5.70. The average Bonchev–Trinajstić information content (AvgIpc) is 2.91. The number of phenolic OH excluding ortho intramolecular Hbond substituents is 1. The Hall–Kier alpha value is -2.43. The fraction of sp³-hybridized carbons (Fsp3) is 0.167. The predicted molar refractivity (Wildman–Crippen MR) is 104 cm³/mol. The highest BCUT2D eigenvalue weighted by atomic mass is 127. The van der Waals surface area contributed by atoms with Gasteiger partial charge in [0.15, 0.2) is 0 Å². The van der Waals surface area contributed by atoms with Gasteiger partial charge in [0, 0.05) is 39.9 Å². The van der Waals surface area contributed by atoms with Crippen molar-refractivity contribution in [2.75, 3.05) is 7.11 Å². The van der Waals surface area contributed by atoms with Crippen LogP contribution < -0.4 is 9.47 Å². The largest absolute Gasteiger partial charge is 0.573 e. The number of aromatic hydroxyl groups is 1. The van der Waals surface area contributed by atoms with Gasteiger partial charge in [-0.05, 0) is 31.2 Å². The second kappa shape index (κ2) is 7.29. The van der Waals surface area contributed by atoms with E-state index in [2.05, 4.69) is 12.9 Å². The van der Waals surface area contributed by atoms with Crippen LogP contribution in [0.5, 0.6) is 17.2 Å². The minimum Gasteiger partial charge on any atom is -0.507 e. The van der Waals surface area contributed by atoms with Gasteiger partial charge in [-0.3, -0.25) is 0 Å². The van der Waals surface area contributed by atoms with Gasteiger partial charge >= 0.3 is 6.36 Å². The number of fused-ring (bicyclic) bond motifs is 1. The predicted octanol–water partition coefficient (Wildman–Crippen LogP) is 5.28. The molecule has 0 spiro atoms. The molecular weight excluding hydrogens is 476 g/mol. The van der Waals surface area contributed by atoms with E-state index >= 15 is 0 Å². The molecular formula is C18H14F3IN2O3. The Morgan fingerprint density at radius 3 is 2.44 bits per heavy atom. The Balaban J connectivity index is 2.11. The number of aromatic amines is 1. The van der Waals surface area contributed by atoms with Crippen molar-refractivity contribution in [2.45, 2.75) is 13.3 Å². The maximum atomic E-state index is 12.4. The van der Waals surface area contributed by atoms with Gasteiger partial charge in [-0.1, -0.05) is 0 Å². The van der Waals surface area contributed by atoms with Crippen molar-refractivity contribution in [1.82, 2.24) is 4.98 Å². The van der Waals surface area contributed by atoms with E-state index in [4.69, 9.17) is 4.74 Å². The summed E-state index contributed by atoms with van der Waals surface area (Å²) in [4.78, 5) is 3.04. The van der Waals surface area contributed by atoms with Crippen LogP contribution in [0, 0.1) is 6.92 Å². The number of rotatable bonds is 4. The summed E-state index contributed by atoms with van der Waals surface area (Å²) in [5.41, 5.74) is 2.81. The van der Waals surface area contributed by atoms with Crippen molar-refractivity contribution in [2.24, 2.45) is 3.21 Å². The summed E-state index contributed by atoms with van der Waals surface area (Å²) in [6.45, 7) is 1.78. The first kappa shape index (κ1) is 19.3. The standard InChI is InChI=1S/C18H14F3IN2O3/c1-9-16(17(24-22)13-6-3-10(26-2)8-15(13)25)12-5-4-11(7-14(12)23-9)27-18(19,20)21/h3-8,23,25H,1-2H3/b24-17-. The number of alkyl halides is 3. The Morgan fingerprint density at radius 2 is 1.85 bits per heavy atom. The van der Waals surface area contributed by atoms with Crippen molar-refractivity contribution < 1.29 is 27.8 Å². The lowest BCUT2D eigenvalue weighted by molar-refractivity contribution is -0.274. The number of methoxy groups -OCH3 is 1. The summed E-state index contributed by atoms with van der Waals surface area (Å²) in [6, 6.07) is 8.87. The number of hydrogen-bond acceptors (Lipinski definition) is 4. The number of phenols is 1. The number of H-pyrrole nitrogens is 1. The monoisotopic (exact) mass is 490 g/mol. The maximum absolute atomic E-state index is 12.4. The first-order valence-electron chi connectivity index (χ1n) is 7.68. The smallest absolute Gasteiger partial charge is 0.507 e. The van der Waals surface area contributed by atoms with Crippen LogP contribution in [0.1, 0.15) is 16.8 Å². The van der Waals surface area contributed by atoms with Crippen LogP contribution in [0.4, 0.5) is 13.2 Å². The van der Waals surface area contributed by atoms with Crippen molar-refractivity contribution in [1.29, 1.82) is 0 Å². The molecule has 2 aromatic carbocycles. The summed E-state index contributed by atoms with van der Waals surface area (Å²) in [6.07, 6.45) is -4.76. The molecule has 0 fully saturated rings. The van der Waals surface area contributed by atoms with E-state index in [1.165, 1.54) is 31.4 Å². The van der Waals surface area contributed by atoms with Crippen LogP contribution in [-0.4, -0.2) is 29.3 Å². The van der Waals surface area contributed by atoms with Crippen LogP contribution in [0.15, 0.2) is 39.6 Å². The summed E-state index contributed by atoms with van der Waals surface area (Å²) < 4.78 is 50.7. The fourth-order valence-corrected chi connectivity index (χ4v) is 3.38. The molecule has 0 aliphatic rings. The van der Waals surface area contributed by atoms with Gasteiger partial charge in [0.2, 0.25) is 0 Å². The van der Waals surface area contributed by atoms with E-state index in [9.17, 15) is 18.3 Å². The zero-order valence-corrected chi connectivity index (χ0v) is 16.3. The second-order valence-corrected chi connectivity index (χ2v) is 6.18. The summed E-state index contributed by atoms with van der Waals surface area (Å²) in [5, 5.41) is 11.0. The number of benzene rings is 2.